The Morgan fingerprint density at radius 2 is 2.11 bits per heavy atom. The van der Waals surface area contributed by atoms with Crippen molar-refractivity contribution < 1.29 is 0 Å². The van der Waals surface area contributed by atoms with Crippen LogP contribution in [0.5, 0.6) is 0 Å². The lowest BCUT2D eigenvalue weighted by atomic mass is 9.52. The molecule has 150 valence electrons. The monoisotopic (exact) mass is 395 g/mol. The Morgan fingerprint density at radius 3 is 2.93 bits per heavy atom. The minimum Gasteiger partial charge on any atom is -0.362 e. The van der Waals surface area contributed by atoms with Crippen LogP contribution in [-0.2, 0) is 11.8 Å². The van der Waals surface area contributed by atoms with Gasteiger partial charge in [-0.15, -0.1) is 0 Å². The molecule has 1 saturated heterocycles. The van der Waals surface area contributed by atoms with Gasteiger partial charge < -0.3 is 5.32 Å². The highest BCUT2D eigenvalue weighted by Crippen LogP contribution is 2.56. The van der Waals surface area contributed by atoms with E-state index < -0.39 is 0 Å². The van der Waals surface area contributed by atoms with Crippen molar-refractivity contribution in [1.82, 2.24) is 9.88 Å². The molecule has 0 amide bonds. The topological polar surface area (TPSA) is 28.2 Å². The summed E-state index contributed by atoms with van der Waals surface area (Å²) in [6.07, 6.45) is 12.8. The van der Waals surface area contributed by atoms with Crippen molar-refractivity contribution in [3.05, 3.63) is 23.3 Å². The average Bonchev–Trinajstić information content (AvgIpc) is 3.06. The summed E-state index contributed by atoms with van der Waals surface area (Å²) in [5.41, 5.74) is 5.02. The van der Waals surface area contributed by atoms with E-state index in [4.69, 9.17) is 4.98 Å². The highest BCUT2D eigenvalue weighted by molar-refractivity contribution is 7.22. The van der Waals surface area contributed by atoms with Crippen LogP contribution in [0.3, 0.4) is 0 Å². The first-order valence-electron chi connectivity index (χ1n) is 11.7. The summed E-state index contributed by atoms with van der Waals surface area (Å²) >= 11 is 1.84. The molecule has 3 fully saturated rings. The van der Waals surface area contributed by atoms with Gasteiger partial charge in [0.05, 0.1) is 10.2 Å². The highest BCUT2D eigenvalue weighted by Gasteiger charge is 2.54. The van der Waals surface area contributed by atoms with E-state index in [9.17, 15) is 0 Å². The van der Waals surface area contributed by atoms with Crippen molar-refractivity contribution in [2.75, 3.05) is 25.0 Å². The molecule has 3 aliphatic carbocycles. The number of thiazole rings is 1. The largest absolute Gasteiger partial charge is 0.362 e. The zero-order valence-electron chi connectivity index (χ0n) is 17.2. The van der Waals surface area contributed by atoms with Crippen LogP contribution in [0, 0.1) is 11.8 Å². The summed E-state index contributed by atoms with van der Waals surface area (Å²) in [5.74, 6) is 1.87. The molecule has 1 N–H and O–H groups in total. The molecule has 2 heterocycles. The Labute approximate surface area is 172 Å². The van der Waals surface area contributed by atoms with Gasteiger partial charge in [-0.1, -0.05) is 30.6 Å². The van der Waals surface area contributed by atoms with E-state index in [-0.39, 0.29) is 0 Å². The van der Waals surface area contributed by atoms with Gasteiger partial charge in [-0.05, 0) is 87.1 Å². The van der Waals surface area contributed by atoms with Crippen LogP contribution >= 0.6 is 11.3 Å². The van der Waals surface area contributed by atoms with Gasteiger partial charge in [0.2, 0.25) is 0 Å². The molecular formula is C24H33N3S. The average molecular weight is 396 g/mol. The first kappa shape index (κ1) is 17.7. The van der Waals surface area contributed by atoms with Crippen molar-refractivity contribution in [2.45, 2.75) is 76.2 Å². The minimum atomic E-state index is 0.447. The maximum Gasteiger partial charge on any atom is 0.183 e. The van der Waals surface area contributed by atoms with E-state index in [1.807, 2.05) is 11.3 Å². The van der Waals surface area contributed by atoms with Crippen molar-refractivity contribution in [3.8, 4) is 0 Å². The zero-order chi connectivity index (χ0) is 18.7. The number of aromatic nitrogens is 1. The second kappa shape index (κ2) is 6.70. The van der Waals surface area contributed by atoms with Gasteiger partial charge in [0.25, 0.3) is 0 Å². The Bertz CT molecular complexity index is 885. The third kappa shape index (κ3) is 2.60. The van der Waals surface area contributed by atoms with E-state index in [0.717, 1.165) is 29.6 Å². The van der Waals surface area contributed by atoms with Crippen molar-refractivity contribution in [1.29, 1.82) is 0 Å². The van der Waals surface area contributed by atoms with Gasteiger partial charge in [0.15, 0.2) is 5.13 Å². The summed E-state index contributed by atoms with van der Waals surface area (Å²) < 4.78 is 1.38. The van der Waals surface area contributed by atoms with Crippen LogP contribution in [-0.4, -0.2) is 35.6 Å². The van der Waals surface area contributed by atoms with Crippen LogP contribution in [0.1, 0.15) is 69.4 Å². The number of rotatable bonds is 4. The fourth-order valence-corrected chi connectivity index (χ4v) is 7.95. The summed E-state index contributed by atoms with van der Waals surface area (Å²) in [5, 5.41) is 4.52. The molecule has 2 bridgehead atoms. The van der Waals surface area contributed by atoms with Crippen molar-refractivity contribution >= 4 is 26.7 Å². The quantitative estimate of drug-likeness (QED) is 0.732. The molecule has 0 radical (unpaired) electrons. The molecule has 3 nitrogen and oxygen atoms in total. The summed E-state index contributed by atoms with van der Waals surface area (Å²) in [6, 6.07) is 5.83. The lowest BCUT2D eigenvalue weighted by Gasteiger charge is -2.59. The predicted molar refractivity (Wildman–Crippen MR) is 118 cm³/mol. The normalized spacial score (nSPS) is 32.6. The van der Waals surface area contributed by atoms with E-state index in [1.165, 1.54) is 81.1 Å². The van der Waals surface area contributed by atoms with Crippen LogP contribution in [0.2, 0.25) is 0 Å². The fraction of sp³-hybridized carbons (Fsp3) is 0.708. The molecule has 0 unspecified atom stereocenters. The number of fused-ring (bicyclic) bond motifs is 2. The van der Waals surface area contributed by atoms with E-state index in [2.05, 4.69) is 29.3 Å². The number of benzene rings is 1. The number of hydrogen-bond acceptors (Lipinski definition) is 4. The Balaban J connectivity index is 1.42. The molecule has 2 aromatic rings. The SMILES string of the molecule is CCNc1nc2cc3c(cc2s1)C[C@@H]1[C@@H]2CCCC[C@]32CCN1CC1CCC1. The van der Waals surface area contributed by atoms with Crippen LogP contribution < -0.4 is 5.32 Å². The molecule has 2 saturated carbocycles. The second-order valence-electron chi connectivity index (χ2n) is 9.85. The lowest BCUT2D eigenvalue weighted by molar-refractivity contribution is -0.0238. The van der Waals surface area contributed by atoms with Crippen molar-refractivity contribution in [3.63, 3.8) is 0 Å². The Kier molecular flexibility index (Phi) is 4.24. The highest BCUT2D eigenvalue weighted by atomic mass is 32.1. The molecular weight excluding hydrogens is 362 g/mol. The maximum atomic E-state index is 4.92. The van der Waals surface area contributed by atoms with Crippen LogP contribution in [0.15, 0.2) is 12.1 Å². The molecule has 3 atom stereocenters. The predicted octanol–water partition coefficient (Wildman–Crippen LogP) is 5.59. The third-order valence-electron chi connectivity index (χ3n) is 8.50. The smallest absolute Gasteiger partial charge is 0.183 e. The number of hydrogen-bond donors (Lipinski definition) is 1. The molecule has 1 aliphatic heterocycles. The third-order valence-corrected chi connectivity index (χ3v) is 9.48. The number of likely N-dealkylation sites (tertiary alicyclic amines) is 1. The number of nitrogens with zero attached hydrogens (tertiary/aromatic N) is 2. The minimum absolute atomic E-state index is 0.447. The van der Waals surface area contributed by atoms with Gasteiger partial charge in [-0.25, -0.2) is 4.98 Å². The van der Waals surface area contributed by atoms with Crippen LogP contribution in [0.4, 0.5) is 5.13 Å². The lowest BCUT2D eigenvalue weighted by Crippen LogP contribution is -2.61. The van der Waals surface area contributed by atoms with Gasteiger partial charge in [-0.3, -0.25) is 4.90 Å². The molecule has 0 spiro atoms. The maximum absolute atomic E-state index is 4.92. The zero-order valence-corrected chi connectivity index (χ0v) is 18.0. The van der Waals surface area contributed by atoms with Gasteiger partial charge in [0, 0.05) is 24.5 Å². The van der Waals surface area contributed by atoms with Gasteiger partial charge >= 0.3 is 0 Å². The van der Waals surface area contributed by atoms with Crippen LogP contribution in [0.25, 0.3) is 10.2 Å². The summed E-state index contributed by atoms with van der Waals surface area (Å²) in [6.45, 7) is 5.81. The van der Waals surface area contributed by atoms with E-state index in [0.29, 0.717) is 5.41 Å². The number of nitrogens with one attached hydrogen (secondary N) is 1. The first-order chi connectivity index (χ1) is 13.8. The summed E-state index contributed by atoms with van der Waals surface area (Å²) in [4.78, 5) is 7.85. The number of anilines is 1. The van der Waals surface area contributed by atoms with Gasteiger partial charge in [0.1, 0.15) is 0 Å². The van der Waals surface area contributed by atoms with Crippen molar-refractivity contribution in [2.24, 2.45) is 11.8 Å². The first-order valence-corrected chi connectivity index (χ1v) is 12.5. The Morgan fingerprint density at radius 1 is 1.18 bits per heavy atom. The molecule has 4 heteroatoms. The summed E-state index contributed by atoms with van der Waals surface area (Å²) in [7, 11) is 0. The van der Waals surface area contributed by atoms with Gasteiger partial charge in [-0.2, -0.15) is 0 Å². The molecule has 6 rings (SSSR count). The second-order valence-corrected chi connectivity index (χ2v) is 10.9. The fourth-order valence-electron chi connectivity index (χ4n) is 6.98. The molecule has 1 aromatic heterocycles. The Hall–Kier alpha value is -1.13. The molecule has 1 aromatic carbocycles. The van der Waals surface area contributed by atoms with E-state index >= 15 is 0 Å². The number of piperidine rings is 1. The standard InChI is InChI=1S/C24H33N3S/c1-2-25-23-26-20-14-19-17(13-22(20)28-23)12-21-18-8-3-4-9-24(18,19)10-11-27(21)15-16-6-5-7-16/h13-14,16,18,21H,2-12,15H2,1H3,(H,25,26)/t18-,21+,24+/m0/s1. The van der Waals surface area contributed by atoms with E-state index in [1.54, 1.807) is 11.1 Å². The molecule has 4 aliphatic rings. The molecule has 28 heavy (non-hydrogen) atoms.